The number of nitro groups is 1. The first kappa shape index (κ1) is 15.8. The third-order valence-corrected chi connectivity index (χ3v) is 3.40. The highest BCUT2D eigenvalue weighted by molar-refractivity contribution is 6.31. The van der Waals surface area contributed by atoms with Gasteiger partial charge in [0.05, 0.1) is 11.5 Å². The fourth-order valence-electron chi connectivity index (χ4n) is 2.08. The molecule has 0 fully saturated rings. The molecular weight excluding hydrogens is 336 g/mol. The summed E-state index contributed by atoms with van der Waals surface area (Å²) in [4.78, 5) is 22.6. The minimum absolute atomic E-state index is 0.0411. The summed E-state index contributed by atoms with van der Waals surface area (Å²) in [6.07, 6.45) is 3.40. The standard InChI is InChI=1S/C15H11ClN4O4/c16-10-2-4-12(13(8-10)20(22)23)18-15(21)14-5-3-11(24-14)9-19-7-1-6-17-19/h1-8H,9H2,(H,18,21). The zero-order valence-corrected chi connectivity index (χ0v) is 12.9. The second kappa shape index (κ2) is 6.55. The van der Waals surface area contributed by atoms with Gasteiger partial charge in [-0.3, -0.25) is 19.6 Å². The van der Waals surface area contributed by atoms with Crippen molar-refractivity contribution in [2.24, 2.45) is 0 Å². The SMILES string of the molecule is O=C(Nc1ccc(Cl)cc1[N+](=O)[O-])c1ccc(Cn2cccn2)o1. The minimum Gasteiger partial charge on any atom is -0.454 e. The molecule has 2 heterocycles. The second-order valence-electron chi connectivity index (χ2n) is 4.84. The Balaban J connectivity index is 1.76. The topological polar surface area (TPSA) is 103 Å². The molecule has 0 aliphatic rings. The Morgan fingerprint density at radius 1 is 1.38 bits per heavy atom. The minimum atomic E-state index is -0.618. The van der Waals surface area contributed by atoms with Gasteiger partial charge in [-0.05, 0) is 30.3 Å². The van der Waals surface area contributed by atoms with E-state index < -0.39 is 10.8 Å². The lowest BCUT2D eigenvalue weighted by Gasteiger charge is -2.04. The molecule has 0 radical (unpaired) electrons. The van der Waals surface area contributed by atoms with E-state index in [9.17, 15) is 14.9 Å². The normalized spacial score (nSPS) is 10.5. The fraction of sp³-hybridized carbons (Fsp3) is 0.0667. The first-order valence-electron chi connectivity index (χ1n) is 6.84. The average Bonchev–Trinajstić information content (AvgIpc) is 3.21. The van der Waals surface area contributed by atoms with Crippen molar-refractivity contribution in [3.05, 3.63) is 75.4 Å². The van der Waals surface area contributed by atoms with Gasteiger partial charge >= 0.3 is 0 Å². The van der Waals surface area contributed by atoms with Crippen LogP contribution < -0.4 is 5.32 Å². The van der Waals surface area contributed by atoms with Crippen LogP contribution in [0.5, 0.6) is 0 Å². The largest absolute Gasteiger partial charge is 0.454 e. The number of nitrogens with one attached hydrogen (secondary N) is 1. The first-order valence-corrected chi connectivity index (χ1v) is 7.22. The number of amides is 1. The summed E-state index contributed by atoms with van der Waals surface area (Å²) in [7, 11) is 0. The quantitative estimate of drug-likeness (QED) is 0.563. The van der Waals surface area contributed by atoms with Crippen molar-refractivity contribution in [2.75, 3.05) is 5.32 Å². The van der Waals surface area contributed by atoms with Gasteiger partial charge in [-0.2, -0.15) is 5.10 Å². The number of rotatable bonds is 5. The number of hydrogen-bond acceptors (Lipinski definition) is 5. The van der Waals surface area contributed by atoms with E-state index >= 15 is 0 Å². The van der Waals surface area contributed by atoms with Crippen LogP contribution in [-0.4, -0.2) is 20.6 Å². The van der Waals surface area contributed by atoms with Crippen LogP contribution in [0.25, 0.3) is 0 Å². The van der Waals surface area contributed by atoms with Gasteiger partial charge in [-0.1, -0.05) is 11.6 Å². The Labute approximate surface area is 140 Å². The Bertz CT molecular complexity index is 889. The Hall–Kier alpha value is -3.13. The lowest BCUT2D eigenvalue weighted by atomic mass is 10.2. The van der Waals surface area contributed by atoms with Gasteiger partial charge in [0.25, 0.3) is 11.6 Å². The monoisotopic (exact) mass is 346 g/mol. The number of anilines is 1. The van der Waals surface area contributed by atoms with Gasteiger partial charge in [0.2, 0.25) is 0 Å². The van der Waals surface area contributed by atoms with Gasteiger partial charge in [0, 0.05) is 23.5 Å². The summed E-state index contributed by atoms with van der Waals surface area (Å²) in [5.41, 5.74) is -0.251. The molecule has 1 amide bonds. The molecule has 8 nitrogen and oxygen atoms in total. The highest BCUT2D eigenvalue weighted by Gasteiger charge is 2.19. The molecule has 24 heavy (non-hydrogen) atoms. The van der Waals surface area contributed by atoms with Crippen LogP contribution in [0, 0.1) is 10.1 Å². The summed E-state index contributed by atoms with van der Waals surface area (Å²) in [5.74, 6) is -0.0111. The van der Waals surface area contributed by atoms with E-state index in [1.54, 1.807) is 29.2 Å². The first-order chi connectivity index (χ1) is 11.5. The third-order valence-electron chi connectivity index (χ3n) is 3.17. The highest BCUT2D eigenvalue weighted by Crippen LogP contribution is 2.28. The number of aromatic nitrogens is 2. The number of carbonyl (C=O) groups is 1. The second-order valence-corrected chi connectivity index (χ2v) is 5.28. The lowest BCUT2D eigenvalue weighted by Crippen LogP contribution is -2.12. The molecule has 0 aliphatic carbocycles. The van der Waals surface area contributed by atoms with E-state index in [0.717, 1.165) is 0 Å². The summed E-state index contributed by atoms with van der Waals surface area (Å²) in [6.45, 7) is 0.376. The Morgan fingerprint density at radius 3 is 2.92 bits per heavy atom. The molecule has 0 bridgehead atoms. The van der Waals surface area contributed by atoms with Crippen molar-refractivity contribution in [2.45, 2.75) is 6.54 Å². The van der Waals surface area contributed by atoms with Crippen LogP contribution in [0.15, 0.2) is 53.2 Å². The van der Waals surface area contributed by atoms with E-state index in [0.29, 0.717) is 12.3 Å². The van der Waals surface area contributed by atoms with Gasteiger partial charge in [0.15, 0.2) is 5.76 Å². The van der Waals surface area contributed by atoms with E-state index in [1.807, 2.05) is 0 Å². The lowest BCUT2D eigenvalue weighted by molar-refractivity contribution is -0.383. The molecule has 0 saturated heterocycles. The number of nitro benzene ring substituents is 1. The van der Waals surface area contributed by atoms with E-state index in [-0.39, 0.29) is 22.2 Å². The van der Waals surface area contributed by atoms with Crippen molar-refractivity contribution in [1.82, 2.24) is 9.78 Å². The molecule has 0 atom stereocenters. The maximum Gasteiger partial charge on any atom is 0.294 e. The number of halogens is 1. The molecule has 1 N–H and O–H groups in total. The van der Waals surface area contributed by atoms with Gasteiger partial charge in [-0.15, -0.1) is 0 Å². The fourth-order valence-corrected chi connectivity index (χ4v) is 2.25. The Kier molecular flexibility index (Phi) is 4.30. The van der Waals surface area contributed by atoms with Crippen LogP contribution in [0.1, 0.15) is 16.3 Å². The third kappa shape index (κ3) is 3.44. The van der Waals surface area contributed by atoms with Gasteiger partial charge in [-0.25, -0.2) is 0 Å². The molecule has 2 aromatic heterocycles. The zero-order valence-electron chi connectivity index (χ0n) is 12.2. The van der Waals surface area contributed by atoms with Crippen molar-refractivity contribution in [3.8, 4) is 0 Å². The number of hydrogen-bond donors (Lipinski definition) is 1. The maximum absolute atomic E-state index is 12.2. The molecule has 3 rings (SSSR count). The predicted octanol–water partition coefficient (Wildman–Crippen LogP) is 3.34. The average molecular weight is 347 g/mol. The summed E-state index contributed by atoms with van der Waals surface area (Å²) in [5, 5.41) is 17.7. The molecule has 9 heteroatoms. The van der Waals surface area contributed by atoms with Crippen molar-refractivity contribution < 1.29 is 14.1 Å². The predicted molar refractivity (Wildman–Crippen MR) is 86.1 cm³/mol. The van der Waals surface area contributed by atoms with Crippen LogP contribution in [0.3, 0.4) is 0 Å². The van der Waals surface area contributed by atoms with Gasteiger partial charge < -0.3 is 9.73 Å². The summed E-state index contributed by atoms with van der Waals surface area (Å²) in [6, 6.07) is 8.91. The molecule has 1 aromatic carbocycles. The number of carbonyl (C=O) groups excluding carboxylic acids is 1. The van der Waals surface area contributed by atoms with E-state index in [2.05, 4.69) is 10.4 Å². The number of benzene rings is 1. The van der Waals surface area contributed by atoms with Crippen LogP contribution in [0.4, 0.5) is 11.4 Å². The highest BCUT2D eigenvalue weighted by atomic mass is 35.5. The van der Waals surface area contributed by atoms with Crippen LogP contribution in [-0.2, 0) is 6.54 Å². The van der Waals surface area contributed by atoms with E-state index in [1.165, 1.54) is 24.3 Å². The molecule has 0 unspecified atom stereocenters. The molecule has 0 saturated carbocycles. The zero-order chi connectivity index (χ0) is 17.1. The van der Waals surface area contributed by atoms with Crippen molar-refractivity contribution in [3.63, 3.8) is 0 Å². The van der Waals surface area contributed by atoms with Crippen molar-refractivity contribution >= 4 is 28.9 Å². The smallest absolute Gasteiger partial charge is 0.294 e. The summed E-state index contributed by atoms with van der Waals surface area (Å²) >= 11 is 5.74. The van der Waals surface area contributed by atoms with Gasteiger partial charge in [0.1, 0.15) is 11.4 Å². The molecule has 0 aliphatic heterocycles. The number of nitrogens with zero attached hydrogens (tertiary/aromatic N) is 3. The van der Waals surface area contributed by atoms with E-state index in [4.69, 9.17) is 16.0 Å². The summed E-state index contributed by atoms with van der Waals surface area (Å²) < 4.78 is 7.09. The van der Waals surface area contributed by atoms with Crippen LogP contribution in [0.2, 0.25) is 5.02 Å². The Morgan fingerprint density at radius 2 is 2.21 bits per heavy atom. The van der Waals surface area contributed by atoms with Crippen molar-refractivity contribution in [1.29, 1.82) is 0 Å². The molecule has 122 valence electrons. The molecular formula is C15H11ClN4O4. The number of furan rings is 1. The van der Waals surface area contributed by atoms with Crippen LogP contribution >= 0.6 is 11.6 Å². The molecule has 3 aromatic rings. The molecule has 0 spiro atoms. The maximum atomic E-state index is 12.2.